The third kappa shape index (κ3) is 2.30. The number of hydrogen-bond acceptors (Lipinski definition) is 2. The van der Waals surface area contributed by atoms with Gasteiger partial charge in [-0.15, -0.1) is 0 Å². The molecule has 0 radical (unpaired) electrons. The second-order valence-corrected chi connectivity index (χ2v) is 4.58. The lowest BCUT2D eigenvalue weighted by atomic mass is 10.0. The molecule has 20 heavy (non-hydrogen) atoms. The van der Waals surface area contributed by atoms with Crippen LogP contribution >= 0.6 is 0 Å². The van der Waals surface area contributed by atoms with Gasteiger partial charge in [0.1, 0.15) is 5.82 Å². The van der Waals surface area contributed by atoms with E-state index in [0.717, 1.165) is 16.8 Å². The molecule has 0 atom stereocenters. The van der Waals surface area contributed by atoms with Crippen LogP contribution in [0, 0.1) is 12.7 Å². The molecule has 0 aliphatic rings. The lowest BCUT2D eigenvalue weighted by Gasteiger charge is -2.08. The number of benzene rings is 1. The summed E-state index contributed by atoms with van der Waals surface area (Å²) in [6.45, 7) is 1.98. The molecule has 0 fully saturated rings. The van der Waals surface area contributed by atoms with Crippen LogP contribution in [0.5, 0.6) is 0 Å². The first-order valence-electron chi connectivity index (χ1n) is 6.38. The monoisotopic (exact) mass is 264 g/mol. The minimum Gasteiger partial charge on any atom is -0.256 e. The van der Waals surface area contributed by atoms with Crippen LogP contribution in [0.2, 0.25) is 0 Å². The molecule has 0 aliphatic carbocycles. The zero-order chi connectivity index (χ0) is 13.9. The van der Waals surface area contributed by atoms with E-state index in [-0.39, 0.29) is 5.82 Å². The second-order valence-electron chi connectivity index (χ2n) is 4.58. The highest BCUT2D eigenvalue weighted by molar-refractivity contribution is 5.68. The Morgan fingerprint density at radius 2 is 1.65 bits per heavy atom. The molecule has 2 nitrogen and oxygen atoms in total. The average Bonchev–Trinajstić information content (AvgIpc) is 2.48. The van der Waals surface area contributed by atoms with Crippen molar-refractivity contribution in [2.45, 2.75) is 6.92 Å². The van der Waals surface area contributed by atoms with E-state index in [1.807, 2.05) is 37.3 Å². The number of aryl methyl sites for hydroxylation is 1. The Balaban J connectivity index is 2.07. The molecule has 0 saturated carbocycles. The van der Waals surface area contributed by atoms with Crippen molar-refractivity contribution >= 4 is 0 Å². The fourth-order valence-electron chi connectivity index (χ4n) is 2.16. The van der Waals surface area contributed by atoms with Gasteiger partial charge in [0.2, 0.25) is 0 Å². The Kier molecular flexibility index (Phi) is 3.25. The van der Waals surface area contributed by atoms with Crippen molar-refractivity contribution in [1.29, 1.82) is 0 Å². The highest BCUT2D eigenvalue weighted by Crippen LogP contribution is 2.26. The standard InChI is InChI=1S/C17H13FN2/c1-12-10-17(13-6-2-3-7-15(13)18)20-11-14(12)16-8-4-5-9-19-16/h2-11H,1H3. The predicted octanol–water partition coefficient (Wildman–Crippen LogP) is 4.26. The van der Waals surface area contributed by atoms with E-state index >= 15 is 0 Å². The van der Waals surface area contributed by atoms with Crippen LogP contribution in [0.15, 0.2) is 60.9 Å². The quantitative estimate of drug-likeness (QED) is 0.691. The first-order valence-corrected chi connectivity index (χ1v) is 6.38. The summed E-state index contributed by atoms with van der Waals surface area (Å²) in [6.07, 6.45) is 3.50. The lowest BCUT2D eigenvalue weighted by molar-refractivity contribution is 0.630. The summed E-state index contributed by atoms with van der Waals surface area (Å²) in [5.74, 6) is -0.259. The van der Waals surface area contributed by atoms with Gasteiger partial charge in [-0.2, -0.15) is 0 Å². The van der Waals surface area contributed by atoms with Crippen LogP contribution in [0.3, 0.4) is 0 Å². The third-order valence-corrected chi connectivity index (χ3v) is 3.20. The van der Waals surface area contributed by atoms with Gasteiger partial charge in [-0.1, -0.05) is 18.2 Å². The largest absolute Gasteiger partial charge is 0.256 e. The maximum Gasteiger partial charge on any atom is 0.132 e. The fraction of sp³-hybridized carbons (Fsp3) is 0.0588. The van der Waals surface area contributed by atoms with Crippen LogP contribution < -0.4 is 0 Å². The van der Waals surface area contributed by atoms with E-state index in [1.54, 1.807) is 24.5 Å². The van der Waals surface area contributed by atoms with E-state index in [4.69, 9.17) is 0 Å². The molecule has 3 heteroatoms. The number of hydrogen-bond donors (Lipinski definition) is 0. The molecule has 0 saturated heterocycles. The molecular weight excluding hydrogens is 251 g/mol. The maximum atomic E-state index is 13.8. The van der Waals surface area contributed by atoms with Crippen molar-refractivity contribution in [2.75, 3.05) is 0 Å². The third-order valence-electron chi connectivity index (χ3n) is 3.20. The number of halogens is 1. The summed E-state index contributed by atoms with van der Waals surface area (Å²) in [7, 11) is 0. The van der Waals surface area contributed by atoms with Gasteiger partial charge in [-0.3, -0.25) is 9.97 Å². The number of aromatic nitrogens is 2. The molecule has 0 bridgehead atoms. The first kappa shape index (κ1) is 12.5. The summed E-state index contributed by atoms with van der Waals surface area (Å²) in [6, 6.07) is 14.3. The molecule has 0 amide bonds. The highest BCUT2D eigenvalue weighted by Gasteiger charge is 2.09. The molecule has 0 spiro atoms. The summed E-state index contributed by atoms with van der Waals surface area (Å²) in [5, 5.41) is 0. The summed E-state index contributed by atoms with van der Waals surface area (Å²) < 4.78 is 13.8. The van der Waals surface area contributed by atoms with Gasteiger partial charge in [-0.25, -0.2) is 4.39 Å². The second kappa shape index (κ2) is 5.21. The molecular formula is C17H13FN2. The molecule has 3 aromatic rings. The lowest BCUT2D eigenvalue weighted by Crippen LogP contribution is -1.92. The summed E-state index contributed by atoms with van der Waals surface area (Å²) in [5.41, 5.74) is 4.02. The predicted molar refractivity (Wildman–Crippen MR) is 77.6 cm³/mol. The summed E-state index contributed by atoms with van der Waals surface area (Å²) in [4.78, 5) is 8.68. The van der Waals surface area contributed by atoms with Crippen molar-refractivity contribution in [3.63, 3.8) is 0 Å². The van der Waals surface area contributed by atoms with Crippen LogP contribution in [-0.2, 0) is 0 Å². The molecule has 1 aromatic carbocycles. The molecule has 3 rings (SSSR count). The van der Waals surface area contributed by atoms with Gasteiger partial charge in [-0.05, 0) is 42.8 Å². The normalized spacial score (nSPS) is 10.5. The van der Waals surface area contributed by atoms with E-state index in [0.29, 0.717) is 11.3 Å². The van der Waals surface area contributed by atoms with E-state index in [2.05, 4.69) is 9.97 Å². The van der Waals surface area contributed by atoms with Crippen LogP contribution in [-0.4, -0.2) is 9.97 Å². The van der Waals surface area contributed by atoms with E-state index in [1.165, 1.54) is 6.07 Å². The topological polar surface area (TPSA) is 25.8 Å². The molecule has 2 aromatic heterocycles. The molecule has 0 aliphatic heterocycles. The van der Waals surface area contributed by atoms with Gasteiger partial charge >= 0.3 is 0 Å². The van der Waals surface area contributed by atoms with Gasteiger partial charge in [0, 0.05) is 23.5 Å². The SMILES string of the molecule is Cc1cc(-c2ccccc2F)ncc1-c1ccccn1. The molecule has 98 valence electrons. The fourth-order valence-corrected chi connectivity index (χ4v) is 2.16. The molecule has 0 unspecified atom stereocenters. The average molecular weight is 264 g/mol. The minimum atomic E-state index is -0.259. The van der Waals surface area contributed by atoms with Gasteiger partial charge < -0.3 is 0 Å². The van der Waals surface area contributed by atoms with Crippen LogP contribution in [0.25, 0.3) is 22.5 Å². The summed E-state index contributed by atoms with van der Waals surface area (Å²) >= 11 is 0. The number of pyridine rings is 2. The maximum absolute atomic E-state index is 13.8. The smallest absolute Gasteiger partial charge is 0.132 e. The zero-order valence-corrected chi connectivity index (χ0v) is 11.0. The van der Waals surface area contributed by atoms with Crippen LogP contribution in [0.1, 0.15) is 5.56 Å². The van der Waals surface area contributed by atoms with Crippen molar-refractivity contribution in [3.8, 4) is 22.5 Å². The Hall–Kier alpha value is -2.55. The van der Waals surface area contributed by atoms with Crippen molar-refractivity contribution in [3.05, 3.63) is 72.3 Å². The highest BCUT2D eigenvalue weighted by atomic mass is 19.1. The van der Waals surface area contributed by atoms with Crippen molar-refractivity contribution < 1.29 is 4.39 Å². The van der Waals surface area contributed by atoms with Gasteiger partial charge in [0.05, 0.1) is 11.4 Å². The molecule has 0 N–H and O–H groups in total. The molecule has 2 heterocycles. The number of nitrogens with zero attached hydrogens (tertiary/aromatic N) is 2. The van der Waals surface area contributed by atoms with Crippen molar-refractivity contribution in [2.24, 2.45) is 0 Å². The first-order chi connectivity index (χ1) is 9.75. The number of rotatable bonds is 2. The van der Waals surface area contributed by atoms with Gasteiger partial charge in [0.25, 0.3) is 0 Å². The van der Waals surface area contributed by atoms with E-state index in [9.17, 15) is 4.39 Å². The Morgan fingerprint density at radius 1 is 0.850 bits per heavy atom. The Bertz CT molecular complexity index is 739. The zero-order valence-electron chi connectivity index (χ0n) is 11.0. The minimum absolute atomic E-state index is 0.259. The van der Waals surface area contributed by atoms with Gasteiger partial charge in [0.15, 0.2) is 0 Å². The van der Waals surface area contributed by atoms with Crippen LogP contribution in [0.4, 0.5) is 4.39 Å². The van der Waals surface area contributed by atoms with Crippen molar-refractivity contribution in [1.82, 2.24) is 9.97 Å². The Morgan fingerprint density at radius 3 is 2.35 bits per heavy atom. The Labute approximate surface area is 117 Å². The van der Waals surface area contributed by atoms with E-state index < -0.39 is 0 Å².